The van der Waals surface area contributed by atoms with E-state index in [1.807, 2.05) is 65.2 Å². The van der Waals surface area contributed by atoms with E-state index >= 15 is 0 Å². The number of nitrogens with zero attached hydrogens (tertiary/aromatic N) is 1. The highest BCUT2D eigenvalue weighted by Crippen LogP contribution is 2.36. The lowest BCUT2D eigenvalue weighted by molar-refractivity contribution is 0.0919. The molecule has 1 heterocycles. The van der Waals surface area contributed by atoms with Crippen LogP contribution in [0.15, 0.2) is 77.7 Å². The molecule has 4 heteroatoms. The fourth-order valence-electron chi connectivity index (χ4n) is 3.48. The molecule has 0 radical (unpaired) electrons. The number of methoxy groups -OCH3 is 1. The molecule has 3 aromatic carbocycles. The van der Waals surface area contributed by atoms with Gasteiger partial charge in [-0.25, -0.2) is 0 Å². The number of carbonyl (C=O) groups excluding carboxylic acids is 1. The highest BCUT2D eigenvalue weighted by Gasteiger charge is 2.24. The van der Waals surface area contributed by atoms with Gasteiger partial charge in [-0.3, -0.25) is 9.36 Å². The first-order valence-corrected chi connectivity index (χ1v) is 9.94. The second-order valence-electron chi connectivity index (χ2n) is 6.37. The molecular weight excluding hydrogens is 354 g/mol. The normalized spacial score (nSPS) is 12.4. The molecule has 1 atom stereocenters. The number of rotatable bonds is 5. The summed E-state index contributed by atoms with van der Waals surface area (Å²) in [4.78, 5) is 14.6. The van der Waals surface area contributed by atoms with Crippen molar-refractivity contribution in [2.45, 2.75) is 23.5 Å². The number of hydrogen-bond acceptors (Lipinski definition) is 3. The highest BCUT2D eigenvalue weighted by atomic mass is 32.2. The van der Waals surface area contributed by atoms with E-state index in [9.17, 15) is 4.79 Å². The van der Waals surface area contributed by atoms with Gasteiger partial charge in [-0.05, 0) is 30.7 Å². The first kappa shape index (κ1) is 17.7. The Kier molecular flexibility index (Phi) is 4.90. The van der Waals surface area contributed by atoms with Crippen molar-refractivity contribution in [2.75, 3.05) is 7.11 Å². The summed E-state index contributed by atoms with van der Waals surface area (Å²) in [5.74, 6) is 0.904. The van der Waals surface area contributed by atoms with E-state index in [-0.39, 0.29) is 11.2 Å². The third kappa shape index (κ3) is 3.10. The summed E-state index contributed by atoms with van der Waals surface area (Å²) >= 11 is 1.57. The number of hydrogen-bond donors (Lipinski definition) is 0. The summed E-state index contributed by atoms with van der Waals surface area (Å²) in [7, 11) is 1.66. The molecule has 0 aliphatic carbocycles. The average molecular weight is 375 g/mol. The third-order valence-electron chi connectivity index (χ3n) is 4.78. The molecular formula is C23H21NO2S. The van der Waals surface area contributed by atoms with Crippen LogP contribution in [0.4, 0.5) is 0 Å². The summed E-state index contributed by atoms with van der Waals surface area (Å²) in [6, 6.07) is 24.1. The van der Waals surface area contributed by atoms with Gasteiger partial charge in [0.05, 0.1) is 28.3 Å². The predicted octanol–water partition coefficient (Wildman–Crippen LogP) is 6.01. The second-order valence-corrected chi connectivity index (χ2v) is 7.62. The zero-order valence-corrected chi connectivity index (χ0v) is 16.2. The summed E-state index contributed by atoms with van der Waals surface area (Å²) < 4.78 is 7.34. The quantitative estimate of drug-likeness (QED) is 0.400. The Hall–Kier alpha value is -2.72. The standard InChI is InChI=1S/C23H21NO2S/c1-3-21(27-22-15-9-8-14-20(22)26-2)23(25)24-18-12-6-4-10-16(18)17-11-5-7-13-19(17)24/h4-15,21H,3H2,1-2H3. The molecule has 0 bridgehead atoms. The van der Waals surface area contributed by atoms with Crippen LogP contribution < -0.4 is 4.74 Å². The Morgan fingerprint density at radius 2 is 1.48 bits per heavy atom. The minimum absolute atomic E-state index is 0.103. The Bertz CT molecular complexity index is 1060. The van der Waals surface area contributed by atoms with E-state index in [1.165, 1.54) is 0 Å². The molecule has 0 spiro atoms. The van der Waals surface area contributed by atoms with Crippen LogP contribution in [0.25, 0.3) is 21.8 Å². The average Bonchev–Trinajstić information content (AvgIpc) is 3.06. The zero-order valence-electron chi connectivity index (χ0n) is 15.4. The number of ether oxygens (including phenoxy) is 1. The van der Waals surface area contributed by atoms with E-state index in [1.54, 1.807) is 18.9 Å². The van der Waals surface area contributed by atoms with Gasteiger partial charge in [-0.15, -0.1) is 11.8 Å². The lowest BCUT2D eigenvalue weighted by Crippen LogP contribution is -2.23. The van der Waals surface area contributed by atoms with Crippen molar-refractivity contribution in [3.05, 3.63) is 72.8 Å². The summed E-state index contributed by atoms with van der Waals surface area (Å²) in [6.07, 6.45) is 0.738. The van der Waals surface area contributed by atoms with Crippen molar-refractivity contribution < 1.29 is 9.53 Å². The van der Waals surface area contributed by atoms with Gasteiger partial charge in [0, 0.05) is 10.8 Å². The van der Waals surface area contributed by atoms with E-state index in [0.29, 0.717) is 0 Å². The number of carbonyl (C=O) groups is 1. The number of thioether (sulfide) groups is 1. The number of aromatic nitrogens is 1. The molecule has 4 rings (SSSR count). The van der Waals surface area contributed by atoms with Crippen LogP contribution in [0, 0.1) is 0 Å². The van der Waals surface area contributed by atoms with E-state index < -0.39 is 0 Å². The third-order valence-corrected chi connectivity index (χ3v) is 6.20. The van der Waals surface area contributed by atoms with Crippen LogP contribution in [-0.2, 0) is 0 Å². The molecule has 136 valence electrons. The monoisotopic (exact) mass is 375 g/mol. The maximum atomic E-state index is 13.6. The molecule has 0 fully saturated rings. The Balaban J connectivity index is 1.81. The summed E-state index contributed by atoms with van der Waals surface area (Å²) in [5, 5.41) is 2.03. The highest BCUT2D eigenvalue weighted by molar-refractivity contribution is 8.00. The lowest BCUT2D eigenvalue weighted by atomic mass is 10.2. The van der Waals surface area contributed by atoms with Crippen LogP contribution in [0.1, 0.15) is 18.1 Å². The van der Waals surface area contributed by atoms with Crippen molar-refractivity contribution in [1.29, 1.82) is 0 Å². The SMILES string of the molecule is CCC(Sc1ccccc1OC)C(=O)n1c2ccccc2c2ccccc21. The largest absolute Gasteiger partial charge is 0.496 e. The molecule has 0 saturated heterocycles. The van der Waals surface area contributed by atoms with Crippen LogP contribution in [0.3, 0.4) is 0 Å². The van der Waals surface area contributed by atoms with Crippen molar-refractivity contribution >= 4 is 39.5 Å². The first-order chi connectivity index (χ1) is 13.2. The van der Waals surface area contributed by atoms with Crippen LogP contribution in [-0.4, -0.2) is 22.8 Å². The topological polar surface area (TPSA) is 31.2 Å². The maximum absolute atomic E-state index is 13.6. The zero-order chi connectivity index (χ0) is 18.8. The summed E-state index contributed by atoms with van der Waals surface area (Å²) in [5.41, 5.74) is 1.92. The number of fused-ring (bicyclic) bond motifs is 3. The second kappa shape index (κ2) is 7.49. The van der Waals surface area contributed by atoms with Crippen LogP contribution in [0.5, 0.6) is 5.75 Å². The molecule has 4 aromatic rings. The van der Waals surface area contributed by atoms with Crippen molar-refractivity contribution in [3.63, 3.8) is 0 Å². The van der Waals surface area contributed by atoms with Crippen molar-refractivity contribution in [3.8, 4) is 5.75 Å². The van der Waals surface area contributed by atoms with E-state index in [2.05, 4.69) is 19.1 Å². The Labute approximate surface area is 162 Å². The predicted molar refractivity (Wildman–Crippen MR) is 113 cm³/mol. The van der Waals surface area contributed by atoms with Gasteiger partial charge in [-0.2, -0.15) is 0 Å². The summed E-state index contributed by atoms with van der Waals surface area (Å²) in [6.45, 7) is 2.05. The Morgan fingerprint density at radius 1 is 0.926 bits per heavy atom. The van der Waals surface area contributed by atoms with Gasteiger partial charge in [0.1, 0.15) is 5.75 Å². The molecule has 0 saturated carbocycles. The van der Waals surface area contributed by atoms with E-state index in [0.717, 1.165) is 38.9 Å². The molecule has 0 aliphatic rings. The molecule has 0 aliphatic heterocycles. The van der Waals surface area contributed by atoms with Gasteiger partial charge in [0.2, 0.25) is 5.91 Å². The van der Waals surface area contributed by atoms with Gasteiger partial charge in [0.15, 0.2) is 0 Å². The van der Waals surface area contributed by atoms with Gasteiger partial charge < -0.3 is 4.74 Å². The molecule has 0 N–H and O–H groups in total. The first-order valence-electron chi connectivity index (χ1n) is 9.06. The molecule has 1 unspecified atom stereocenters. The number of para-hydroxylation sites is 3. The van der Waals surface area contributed by atoms with Crippen molar-refractivity contribution in [1.82, 2.24) is 4.57 Å². The van der Waals surface area contributed by atoms with Crippen LogP contribution in [0.2, 0.25) is 0 Å². The molecule has 3 nitrogen and oxygen atoms in total. The molecule has 0 amide bonds. The smallest absolute Gasteiger partial charge is 0.245 e. The van der Waals surface area contributed by atoms with Gasteiger partial charge in [0.25, 0.3) is 0 Å². The number of benzene rings is 3. The minimum atomic E-state index is -0.194. The maximum Gasteiger partial charge on any atom is 0.245 e. The van der Waals surface area contributed by atoms with Crippen LogP contribution >= 0.6 is 11.8 Å². The fraction of sp³-hybridized carbons (Fsp3) is 0.174. The van der Waals surface area contributed by atoms with Crippen molar-refractivity contribution in [2.24, 2.45) is 0 Å². The van der Waals surface area contributed by atoms with Gasteiger partial charge in [-0.1, -0.05) is 55.5 Å². The van der Waals surface area contributed by atoms with Gasteiger partial charge >= 0.3 is 0 Å². The minimum Gasteiger partial charge on any atom is -0.496 e. The fourth-order valence-corrected chi connectivity index (χ4v) is 4.59. The lowest BCUT2D eigenvalue weighted by Gasteiger charge is -2.17. The van der Waals surface area contributed by atoms with E-state index in [4.69, 9.17) is 4.74 Å². The molecule has 27 heavy (non-hydrogen) atoms. The Morgan fingerprint density at radius 3 is 2.07 bits per heavy atom. The molecule has 1 aromatic heterocycles.